The van der Waals surface area contributed by atoms with Crippen LogP contribution in [-0.4, -0.2) is 43.2 Å². The van der Waals surface area contributed by atoms with Crippen LogP contribution in [-0.2, 0) is 12.0 Å². The zero-order valence-electron chi connectivity index (χ0n) is 13.8. The summed E-state index contributed by atoms with van der Waals surface area (Å²) < 4.78 is 0. The van der Waals surface area contributed by atoms with Crippen LogP contribution in [0.15, 0.2) is 18.2 Å². The van der Waals surface area contributed by atoms with Crippen LogP contribution >= 0.6 is 0 Å². The molecular formula is C19H16O7. The highest BCUT2D eigenvalue weighted by atomic mass is 16.3. The number of carbonyl (C=O) groups is 2. The van der Waals surface area contributed by atoms with Crippen molar-refractivity contribution in [1.29, 1.82) is 0 Å². The van der Waals surface area contributed by atoms with Crippen molar-refractivity contribution < 1.29 is 35.1 Å². The Morgan fingerprint density at radius 1 is 1.00 bits per heavy atom. The molecule has 2 aromatic rings. The van der Waals surface area contributed by atoms with E-state index in [0.717, 1.165) is 12.1 Å². The van der Waals surface area contributed by atoms with Gasteiger partial charge in [-0.05, 0) is 31.0 Å². The van der Waals surface area contributed by atoms with Crippen LogP contribution in [0, 0.1) is 0 Å². The summed E-state index contributed by atoms with van der Waals surface area (Å²) in [5, 5.41) is 51.0. The first-order valence-electron chi connectivity index (χ1n) is 8.07. The van der Waals surface area contributed by atoms with Crippen molar-refractivity contribution in [2.24, 2.45) is 0 Å². The molecule has 2 atom stereocenters. The summed E-state index contributed by atoms with van der Waals surface area (Å²) in [6, 6.07) is 3.40. The van der Waals surface area contributed by atoms with Crippen LogP contribution < -0.4 is 0 Å². The number of carbonyl (C=O) groups excluding carboxylic acids is 2. The van der Waals surface area contributed by atoms with E-state index in [0.29, 0.717) is 5.56 Å². The third-order valence-corrected chi connectivity index (χ3v) is 5.06. The van der Waals surface area contributed by atoms with Crippen LogP contribution in [0.1, 0.15) is 56.3 Å². The molecule has 134 valence electrons. The van der Waals surface area contributed by atoms with Gasteiger partial charge in [0.2, 0.25) is 5.78 Å². The Bertz CT molecular complexity index is 1000. The van der Waals surface area contributed by atoms with E-state index < -0.39 is 34.8 Å². The maximum absolute atomic E-state index is 12.9. The van der Waals surface area contributed by atoms with Crippen molar-refractivity contribution in [3.63, 3.8) is 0 Å². The fraction of sp³-hybridized carbons (Fsp3) is 0.263. The number of rotatable bonds is 0. The highest BCUT2D eigenvalue weighted by molar-refractivity contribution is 6.30. The molecule has 2 aliphatic rings. The third kappa shape index (κ3) is 2.07. The van der Waals surface area contributed by atoms with Gasteiger partial charge in [0.15, 0.2) is 5.78 Å². The molecule has 4 rings (SSSR count). The SMILES string of the molecule is CC1(O)CC(O)Cc2cc3c(c(O)c21)C(=O)c1c(O)cc(O)cc1C3=O. The van der Waals surface area contributed by atoms with Gasteiger partial charge in [-0.3, -0.25) is 9.59 Å². The Kier molecular flexibility index (Phi) is 3.22. The van der Waals surface area contributed by atoms with Gasteiger partial charge in [-0.15, -0.1) is 0 Å². The van der Waals surface area contributed by atoms with Crippen molar-refractivity contribution in [2.45, 2.75) is 31.5 Å². The second-order valence-corrected chi connectivity index (χ2v) is 7.06. The van der Waals surface area contributed by atoms with Crippen molar-refractivity contribution in [2.75, 3.05) is 0 Å². The lowest BCUT2D eigenvalue weighted by molar-refractivity contribution is -0.0126. The molecule has 0 heterocycles. The highest BCUT2D eigenvalue weighted by Crippen LogP contribution is 2.46. The lowest BCUT2D eigenvalue weighted by Gasteiger charge is -2.36. The summed E-state index contributed by atoms with van der Waals surface area (Å²) in [5.41, 5.74) is -1.95. The normalized spacial score (nSPS) is 24.0. The van der Waals surface area contributed by atoms with Gasteiger partial charge in [0.05, 0.1) is 22.8 Å². The van der Waals surface area contributed by atoms with E-state index in [4.69, 9.17) is 0 Å². The second-order valence-electron chi connectivity index (χ2n) is 7.06. The molecule has 2 aromatic carbocycles. The summed E-state index contributed by atoms with van der Waals surface area (Å²) in [5.74, 6) is -2.87. The van der Waals surface area contributed by atoms with Crippen LogP contribution in [0.25, 0.3) is 0 Å². The number of benzene rings is 2. The molecule has 7 nitrogen and oxygen atoms in total. The molecule has 5 N–H and O–H groups in total. The molecule has 0 aromatic heterocycles. The molecule has 0 bridgehead atoms. The first kappa shape index (κ1) is 16.6. The molecule has 0 spiro atoms. The molecule has 0 fully saturated rings. The molecule has 0 saturated heterocycles. The summed E-state index contributed by atoms with van der Waals surface area (Å²) in [4.78, 5) is 25.7. The second kappa shape index (κ2) is 5.06. The van der Waals surface area contributed by atoms with Gasteiger partial charge >= 0.3 is 0 Å². The van der Waals surface area contributed by atoms with Crippen LogP contribution in [0.4, 0.5) is 0 Å². The number of phenolic OH excluding ortho intramolecular Hbond substituents is 3. The number of aromatic hydroxyl groups is 3. The van der Waals surface area contributed by atoms with E-state index in [1.165, 1.54) is 13.0 Å². The minimum absolute atomic E-state index is 0.0236. The Morgan fingerprint density at radius 2 is 1.65 bits per heavy atom. The summed E-state index contributed by atoms with van der Waals surface area (Å²) in [7, 11) is 0. The van der Waals surface area contributed by atoms with Gasteiger partial charge in [-0.25, -0.2) is 0 Å². The summed E-state index contributed by atoms with van der Waals surface area (Å²) in [6.45, 7) is 1.42. The smallest absolute Gasteiger partial charge is 0.201 e. The number of aliphatic hydroxyl groups is 2. The lowest BCUT2D eigenvalue weighted by atomic mass is 9.73. The predicted molar refractivity (Wildman–Crippen MR) is 88.6 cm³/mol. The molecule has 0 radical (unpaired) electrons. The van der Waals surface area contributed by atoms with Crippen molar-refractivity contribution >= 4 is 11.6 Å². The highest BCUT2D eigenvalue weighted by Gasteiger charge is 2.42. The maximum atomic E-state index is 12.9. The van der Waals surface area contributed by atoms with Gasteiger partial charge < -0.3 is 25.5 Å². The van der Waals surface area contributed by atoms with Gasteiger partial charge in [-0.2, -0.15) is 0 Å². The van der Waals surface area contributed by atoms with Gasteiger partial charge in [0, 0.05) is 29.2 Å². The molecular weight excluding hydrogens is 340 g/mol. The zero-order valence-corrected chi connectivity index (χ0v) is 13.8. The fourth-order valence-corrected chi connectivity index (χ4v) is 4.08. The van der Waals surface area contributed by atoms with Crippen molar-refractivity contribution in [3.05, 3.63) is 51.6 Å². The Labute approximate surface area is 147 Å². The molecule has 2 unspecified atom stereocenters. The number of ketones is 2. The molecule has 0 amide bonds. The Morgan fingerprint density at radius 3 is 2.35 bits per heavy atom. The summed E-state index contributed by atoms with van der Waals surface area (Å²) >= 11 is 0. The van der Waals surface area contributed by atoms with Crippen molar-refractivity contribution in [3.8, 4) is 17.2 Å². The predicted octanol–water partition coefficient (Wildman–Crippen LogP) is 1.09. The molecule has 7 heteroatoms. The van der Waals surface area contributed by atoms with E-state index in [-0.39, 0.29) is 46.4 Å². The van der Waals surface area contributed by atoms with Gasteiger partial charge in [0.1, 0.15) is 17.2 Å². The molecule has 2 aliphatic carbocycles. The van der Waals surface area contributed by atoms with Crippen LogP contribution in [0.3, 0.4) is 0 Å². The summed E-state index contributed by atoms with van der Waals surface area (Å²) in [6.07, 6.45) is -0.763. The average molecular weight is 356 g/mol. The Hall–Kier alpha value is -2.90. The molecule has 0 aliphatic heterocycles. The van der Waals surface area contributed by atoms with E-state index >= 15 is 0 Å². The first-order chi connectivity index (χ1) is 12.1. The van der Waals surface area contributed by atoms with E-state index in [2.05, 4.69) is 0 Å². The largest absolute Gasteiger partial charge is 0.508 e. The van der Waals surface area contributed by atoms with E-state index in [1.807, 2.05) is 0 Å². The number of aliphatic hydroxyl groups excluding tert-OH is 1. The topological polar surface area (TPSA) is 135 Å². The maximum Gasteiger partial charge on any atom is 0.201 e. The number of fused-ring (bicyclic) bond motifs is 3. The Balaban J connectivity index is 2.05. The number of hydrogen-bond acceptors (Lipinski definition) is 7. The minimum Gasteiger partial charge on any atom is -0.508 e. The quantitative estimate of drug-likeness (QED) is 0.407. The lowest BCUT2D eigenvalue weighted by Crippen LogP contribution is -2.36. The van der Waals surface area contributed by atoms with Crippen LogP contribution in [0.5, 0.6) is 17.2 Å². The monoisotopic (exact) mass is 356 g/mol. The molecule has 26 heavy (non-hydrogen) atoms. The van der Waals surface area contributed by atoms with Gasteiger partial charge in [0.25, 0.3) is 0 Å². The van der Waals surface area contributed by atoms with Crippen LogP contribution in [0.2, 0.25) is 0 Å². The third-order valence-electron chi connectivity index (χ3n) is 5.06. The van der Waals surface area contributed by atoms with Crippen molar-refractivity contribution in [1.82, 2.24) is 0 Å². The number of hydrogen-bond donors (Lipinski definition) is 5. The zero-order chi connectivity index (χ0) is 19.0. The fourth-order valence-electron chi connectivity index (χ4n) is 4.08. The number of phenols is 3. The first-order valence-corrected chi connectivity index (χ1v) is 8.07. The van der Waals surface area contributed by atoms with Gasteiger partial charge in [-0.1, -0.05) is 0 Å². The standard InChI is InChI=1S/C19H16O7/c1-19(26)6-9(21)2-7-3-10-14(18(25)15(7)19)17(24)13-11(16(10)23)4-8(20)5-12(13)22/h3-5,9,20-22,25-26H,2,6H2,1H3. The van der Waals surface area contributed by atoms with E-state index in [1.54, 1.807) is 0 Å². The minimum atomic E-state index is -1.58. The average Bonchev–Trinajstić information content (AvgIpc) is 2.49. The van der Waals surface area contributed by atoms with E-state index in [9.17, 15) is 35.1 Å². The molecule has 0 saturated carbocycles.